The number of rotatable bonds is 5. The number of alkyl halides is 3. The first kappa shape index (κ1) is 18.5. The monoisotopic (exact) mass is 374 g/mol. The van der Waals surface area contributed by atoms with Gasteiger partial charge in [-0.3, -0.25) is 0 Å². The zero-order valence-corrected chi connectivity index (χ0v) is 15.2. The van der Waals surface area contributed by atoms with Gasteiger partial charge in [-0.1, -0.05) is 42.5 Å². The number of hydrogen-bond donors (Lipinski definition) is 2. The van der Waals surface area contributed by atoms with Crippen molar-refractivity contribution in [3.8, 4) is 11.1 Å². The Hall–Kier alpha value is -1.85. The summed E-state index contributed by atoms with van der Waals surface area (Å²) < 4.78 is 41.1. The van der Waals surface area contributed by atoms with Gasteiger partial charge in [-0.2, -0.15) is 13.2 Å². The Bertz CT molecular complexity index is 767. The van der Waals surface area contributed by atoms with Crippen molar-refractivity contribution in [3.63, 3.8) is 0 Å². The van der Waals surface area contributed by atoms with Crippen molar-refractivity contribution >= 4 is 0 Å². The third-order valence-electron chi connectivity index (χ3n) is 5.78. The van der Waals surface area contributed by atoms with Crippen LogP contribution < -0.4 is 10.6 Å². The molecule has 0 unspecified atom stereocenters. The van der Waals surface area contributed by atoms with Crippen LogP contribution in [0.5, 0.6) is 0 Å². The molecule has 2 aliphatic rings. The molecule has 1 aliphatic heterocycles. The lowest BCUT2D eigenvalue weighted by Gasteiger charge is -2.23. The second-order valence-corrected chi connectivity index (χ2v) is 7.72. The number of piperidine rings is 1. The maximum atomic E-state index is 13.7. The Labute approximate surface area is 158 Å². The molecule has 5 heteroatoms. The van der Waals surface area contributed by atoms with Gasteiger partial charge in [-0.25, -0.2) is 0 Å². The van der Waals surface area contributed by atoms with Gasteiger partial charge in [0, 0.05) is 12.0 Å². The van der Waals surface area contributed by atoms with E-state index in [-0.39, 0.29) is 12.0 Å². The fourth-order valence-corrected chi connectivity index (χ4v) is 4.10. The molecule has 1 saturated heterocycles. The minimum Gasteiger partial charge on any atom is -0.317 e. The van der Waals surface area contributed by atoms with Crippen LogP contribution in [0.25, 0.3) is 11.1 Å². The van der Waals surface area contributed by atoms with E-state index in [2.05, 4.69) is 10.6 Å². The molecule has 27 heavy (non-hydrogen) atoms. The van der Waals surface area contributed by atoms with Crippen LogP contribution in [-0.2, 0) is 6.18 Å². The van der Waals surface area contributed by atoms with Crippen molar-refractivity contribution in [1.29, 1.82) is 0 Å². The molecule has 1 aliphatic carbocycles. The molecule has 2 aromatic carbocycles. The molecule has 1 heterocycles. The van der Waals surface area contributed by atoms with Gasteiger partial charge in [0.2, 0.25) is 0 Å². The van der Waals surface area contributed by atoms with Crippen LogP contribution >= 0.6 is 0 Å². The number of halogens is 3. The summed E-state index contributed by atoms with van der Waals surface area (Å²) in [5.74, 6) is 0.600. The first-order valence-electron chi connectivity index (χ1n) is 9.73. The molecule has 0 radical (unpaired) electrons. The SMILES string of the molecule is FC(F)(F)c1cc(-c2ccccc2)ccc1[C@@H]1C[C@H]1NCC1CCNCC1. The van der Waals surface area contributed by atoms with Crippen molar-refractivity contribution in [2.45, 2.75) is 37.4 Å². The fourth-order valence-electron chi connectivity index (χ4n) is 4.10. The van der Waals surface area contributed by atoms with E-state index in [9.17, 15) is 13.2 Å². The van der Waals surface area contributed by atoms with Gasteiger partial charge in [0.25, 0.3) is 0 Å². The van der Waals surface area contributed by atoms with Gasteiger partial charge in [-0.15, -0.1) is 0 Å². The van der Waals surface area contributed by atoms with Crippen molar-refractivity contribution in [1.82, 2.24) is 10.6 Å². The highest BCUT2D eigenvalue weighted by molar-refractivity contribution is 5.65. The number of nitrogens with one attached hydrogen (secondary N) is 2. The van der Waals surface area contributed by atoms with E-state index in [0.717, 1.165) is 44.5 Å². The Balaban J connectivity index is 1.49. The summed E-state index contributed by atoms with van der Waals surface area (Å²) in [6.07, 6.45) is -1.26. The summed E-state index contributed by atoms with van der Waals surface area (Å²) in [5, 5.41) is 6.85. The molecule has 0 bridgehead atoms. The Morgan fingerprint density at radius 3 is 2.41 bits per heavy atom. The average molecular weight is 374 g/mol. The second-order valence-electron chi connectivity index (χ2n) is 7.72. The fraction of sp³-hybridized carbons (Fsp3) is 0.455. The first-order valence-corrected chi connectivity index (χ1v) is 9.73. The summed E-state index contributed by atoms with van der Waals surface area (Å²) in [7, 11) is 0. The molecular formula is C22H25F3N2. The average Bonchev–Trinajstić information content (AvgIpc) is 3.46. The van der Waals surface area contributed by atoms with Crippen LogP contribution in [0.1, 0.15) is 36.3 Å². The minimum absolute atomic E-state index is 0.0341. The van der Waals surface area contributed by atoms with Gasteiger partial charge in [0.05, 0.1) is 5.56 Å². The van der Waals surface area contributed by atoms with Crippen LogP contribution in [0.4, 0.5) is 13.2 Å². The van der Waals surface area contributed by atoms with Gasteiger partial charge in [0.1, 0.15) is 0 Å². The molecule has 4 rings (SSSR count). The predicted octanol–water partition coefficient (Wildman–Crippen LogP) is 4.82. The van der Waals surface area contributed by atoms with Crippen LogP contribution in [0.15, 0.2) is 48.5 Å². The Kier molecular flexibility index (Phi) is 5.24. The normalized spacial score (nSPS) is 23.4. The van der Waals surface area contributed by atoms with Crippen molar-refractivity contribution in [3.05, 3.63) is 59.7 Å². The van der Waals surface area contributed by atoms with Crippen LogP contribution in [0, 0.1) is 5.92 Å². The van der Waals surface area contributed by atoms with Gasteiger partial charge < -0.3 is 10.6 Å². The van der Waals surface area contributed by atoms with Gasteiger partial charge in [0.15, 0.2) is 0 Å². The van der Waals surface area contributed by atoms with Gasteiger partial charge >= 0.3 is 6.18 Å². The quantitative estimate of drug-likeness (QED) is 0.784. The van der Waals surface area contributed by atoms with E-state index >= 15 is 0 Å². The van der Waals surface area contributed by atoms with E-state index < -0.39 is 11.7 Å². The third-order valence-corrected chi connectivity index (χ3v) is 5.78. The maximum absolute atomic E-state index is 13.7. The first-order chi connectivity index (χ1) is 13.0. The molecule has 2 nitrogen and oxygen atoms in total. The van der Waals surface area contributed by atoms with Crippen molar-refractivity contribution in [2.75, 3.05) is 19.6 Å². The third kappa shape index (κ3) is 4.36. The number of benzene rings is 2. The van der Waals surface area contributed by atoms with Crippen LogP contribution in [0.3, 0.4) is 0 Å². The highest BCUT2D eigenvalue weighted by Crippen LogP contribution is 2.47. The highest BCUT2D eigenvalue weighted by atomic mass is 19.4. The largest absolute Gasteiger partial charge is 0.416 e. The minimum atomic E-state index is -4.33. The molecule has 0 spiro atoms. The zero-order chi connectivity index (χ0) is 18.9. The van der Waals surface area contributed by atoms with E-state index in [1.165, 1.54) is 6.07 Å². The Morgan fingerprint density at radius 2 is 1.70 bits per heavy atom. The lowest BCUT2D eigenvalue weighted by Crippen LogP contribution is -2.34. The van der Waals surface area contributed by atoms with E-state index in [1.807, 2.05) is 36.4 Å². The summed E-state index contributed by atoms with van der Waals surface area (Å²) >= 11 is 0. The predicted molar refractivity (Wildman–Crippen MR) is 102 cm³/mol. The Morgan fingerprint density at radius 1 is 0.963 bits per heavy atom. The standard InChI is InChI=1S/C22H25F3N2/c23-22(24,25)20-12-17(16-4-2-1-3-5-16)6-7-18(20)19-13-21(19)27-14-15-8-10-26-11-9-15/h1-7,12,15,19,21,26-27H,8-11,13-14H2/t19-,21+/m0/s1. The molecule has 144 valence electrons. The lowest BCUT2D eigenvalue weighted by atomic mass is 9.96. The summed E-state index contributed by atoms with van der Waals surface area (Å²) in [6, 6.07) is 14.2. The van der Waals surface area contributed by atoms with E-state index in [4.69, 9.17) is 0 Å². The maximum Gasteiger partial charge on any atom is 0.416 e. The molecule has 0 amide bonds. The summed E-state index contributed by atoms with van der Waals surface area (Å²) in [4.78, 5) is 0. The summed E-state index contributed by atoms with van der Waals surface area (Å²) in [6.45, 7) is 2.99. The smallest absolute Gasteiger partial charge is 0.317 e. The topological polar surface area (TPSA) is 24.1 Å². The molecule has 2 atom stereocenters. The van der Waals surface area contributed by atoms with Crippen LogP contribution in [0.2, 0.25) is 0 Å². The number of hydrogen-bond acceptors (Lipinski definition) is 2. The van der Waals surface area contributed by atoms with Crippen molar-refractivity contribution in [2.24, 2.45) is 5.92 Å². The second kappa shape index (κ2) is 7.64. The molecule has 2 N–H and O–H groups in total. The van der Waals surface area contributed by atoms with Gasteiger partial charge in [-0.05, 0) is 67.6 Å². The van der Waals surface area contributed by atoms with E-state index in [1.54, 1.807) is 6.07 Å². The molecule has 2 fully saturated rings. The lowest BCUT2D eigenvalue weighted by molar-refractivity contribution is -0.138. The zero-order valence-electron chi connectivity index (χ0n) is 15.2. The molecule has 2 aromatic rings. The highest BCUT2D eigenvalue weighted by Gasteiger charge is 2.44. The van der Waals surface area contributed by atoms with E-state index in [0.29, 0.717) is 17.0 Å². The van der Waals surface area contributed by atoms with Crippen molar-refractivity contribution < 1.29 is 13.2 Å². The summed E-state index contributed by atoms with van der Waals surface area (Å²) in [5.41, 5.74) is 1.38. The molecular weight excluding hydrogens is 349 g/mol. The van der Waals surface area contributed by atoms with Crippen LogP contribution in [-0.4, -0.2) is 25.7 Å². The molecule has 0 aromatic heterocycles. The molecule has 1 saturated carbocycles.